The first kappa shape index (κ1) is 18.0. The van der Waals surface area contributed by atoms with E-state index in [-0.39, 0.29) is 6.61 Å². The van der Waals surface area contributed by atoms with E-state index in [9.17, 15) is 5.11 Å². The van der Waals surface area contributed by atoms with Gasteiger partial charge in [-0.1, -0.05) is 6.07 Å². The summed E-state index contributed by atoms with van der Waals surface area (Å²) in [6.07, 6.45) is 1.84. The van der Waals surface area contributed by atoms with Crippen LogP contribution in [0, 0.1) is 0 Å². The molecule has 0 amide bonds. The Kier molecular flexibility index (Phi) is 5.38. The minimum Gasteiger partial charge on any atom is -0.392 e. The molecule has 27 heavy (non-hydrogen) atoms. The molecule has 0 atom stereocenters. The highest BCUT2D eigenvalue weighted by molar-refractivity contribution is 5.78. The lowest BCUT2D eigenvalue weighted by Crippen LogP contribution is -2.47. The van der Waals surface area contributed by atoms with Crippen molar-refractivity contribution in [3.05, 3.63) is 54.4 Å². The molecular weight excluding hydrogens is 340 g/mol. The SMILES string of the molecule is COCCN1CCN(c2ccc(-n3cnc4ccc(CO)cc43)cc2)CC1. The van der Waals surface area contributed by atoms with Crippen molar-refractivity contribution in [2.75, 3.05) is 51.3 Å². The first-order chi connectivity index (χ1) is 13.3. The number of aromatic nitrogens is 2. The Hall–Kier alpha value is -2.41. The topological polar surface area (TPSA) is 53.8 Å². The van der Waals surface area contributed by atoms with Crippen LogP contribution < -0.4 is 4.90 Å². The third-order valence-electron chi connectivity index (χ3n) is 5.27. The maximum Gasteiger partial charge on any atom is 0.100 e. The van der Waals surface area contributed by atoms with Crippen LogP contribution >= 0.6 is 0 Å². The molecule has 1 aliphatic rings. The number of aliphatic hydroxyl groups is 1. The molecule has 0 saturated carbocycles. The number of imidazole rings is 1. The van der Waals surface area contributed by atoms with Gasteiger partial charge in [0, 0.05) is 51.2 Å². The molecule has 0 unspecified atom stereocenters. The van der Waals surface area contributed by atoms with E-state index in [1.165, 1.54) is 5.69 Å². The van der Waals surface area contributed by atoms with Crippen LogP contribution in [-0.4, -0.2) is 66.0 Å². The van der Waals surface area contributed by atoms with Gasteiger partial charge in [-0.3, -0.25) is 9.47 Å². The Morgan fingerprint density at radius 1 is 1.00 bits per heavy atom. The Balaban J connectivity index is 1.48. The van der Waals surface area contributed by atoms with Gasteiger partial charge in [0.05, 0.1) is 24.2 Å². The molecule has 1 saturated heterocycles. The summed E-state index contributed by atoms with van der Waals surface area (Å²) in [5.41, 5.74) is 5.18. The second kappa shape index (κ2) is 8.08. The van der Waals surface area contributed by atoms with Gasteiger partial charge in [-0.25, -0.2) is 4.98 Å². The van der Waals surface area contributed by atoms with Crippen LogP contribution in [0.5, 0.6) is 0 Å². The maximum absolute atomic E-state index is 9.40. The van der Waals surface area contributed by atoms with E-state index in [1.807, 2.05) is 24.5 Å². The minimum absolute atomic E-state index is 0.0381. The first-order valence-corrected chi connectivity index (χ1v) is 9.42. The van der Waals surface area contributed by atoms with Crippen molar-refractivity contribution >= 4 is 16.7 Å². The number of nitrogens with zero attached hydrogens (tertiary/aromatic N) is 4. The lowest BCUT2D eigenvalue weighted by atomic mass is 10.2. The van der Waals surface area contributed by atoms with Gasteiger partial charge < -0.3 is 14.7 Å². The summed E-state index contributed by atoms with van der Waals surface area (Å²) in [7, 11) is 1.76. The summed E-state index contributed by atoms with van der Waals surface area (Å²) in [5.74, 6) is 0. The largest absolute Gasteiger partial charge is 0.392 e. The van der Waals surface area contributed by atoms with Crippen LogP contribution in [-0.2, 0) is 11.3 Å². The van der Waals surface area contributed by atoms with Crippen molar-refractivity contribution in [3.8, 4) is 5.69 Å². The van der Waals surface area contributed by atoms with Crippen LogP contribution in [0.1, 0.15) is 5.56 Å². The summed E-state index contributed by atoms with van der Waals surface area (Å²) >= 11 is 0. The molecule has 1 aliphatic heterocycles. The van der Waals surface area contributed by atoms with Crippen LogP contribution in [0.4, 0.5) is 5.69 Å². The minimum atomic E-state index is 0.0381. The predicted octanol–water partition coefficient (Wildman–Crippen LogP) is 2.29. The number of hydrogen-bond acceptors (Lipinski definition) is 5. The number of rotatable bonds is 6. The quantitative estimate of drug-likeness (QED) is 0.725. The van der Waals surface area contributed by atoms with E-state index in [4.69, 9.17) is 4.74 Å². The highest BCUT2D eigenvalue weighted by Gasteiger charge is 2.17. The molecular formula is C21H26N4O2. The van der Waals surface area contributed by atoms with Gasteiger partial charge in [-0.15, -0.1) is 0 Å². The second-order valence-electron chi connectivity index (χ2n) is 6.93. The van der Waals surface area contributed by atoms with E-state index < -0.39 is 0 Å². The fraction of sp³-hybridized carbons (Fsp3) is 0.381. The summed E-state index contributed by atoms with van der Waals surface area (Å²) in [4.78, 5) is 9.35. The Labute approximate surface area is 159 Å². The Morgan fingerprint density at radius 2 is 1.74 bits per heavy atom. The molecule has 0 spiro atoms. The number of methoxy groups -OCH3 is 1. The fourth-order valence-electron chi connectivity index (χ4n) is 3.63. The average Bonchev–Trinajstić information content (AvgIpc) is 3.16. The van der Waals surface area contributed by atoms with E-state index in [2.05, 4.69) is 43.6 Å². The van der Waals surface area contributed by atoms with E-state index in [1.54, 1.807) is 7.11 Å². The molecule has 3 aromatic rings. The zero-order chi connectivity index (χ0) is 18.6. The lowest BCUT2D eigenvalue weighted by Gasteiger charge is -2.36. The number of piperazine rings is 1. The van der Waals surface area contributed by atoms with Gasteiger partial charge in [0.25, 0.3) is 0 Å². The van der Waals surface area contributed by atoms with Crippen LogP contribution in [0.15, 0.2) is 48.8 Å². The molecule has 1 aromatic heterocycles. The van der Waals surface area contributed by atoms with E-state index >= 15 is 0 Å². The lowest BCUT2D eigenvalue weighted by molar-refractivity contribution is 0.144. The Bertz CT molecular complexity index is 883. The standard InChI is InChI=1S/C21H26N4O2/c1-27-13-12-23-8-10-24(11-9-23)18-3-5-19(6-4-18)25-16-22-20-7-2-17(15-26)14-21(20)25/h2-7,14,16,26H,8-13,15H2,1H3. The van der Waals surface area contributed by atoms with Crippen molar-refractivity contribution in [3.63, 3.8) is 0 Å². The molecule has 2 aromatic carbocycles. The van der Waals surface area contributed by atoms with Gasteiger partial charge in [0.1, 0.15) is 6.33 Å². The molecule has 0 bridgehead atoms. The zero-order valence-electron chi connectivity index (χ0n) is 15.7. The van der Waals surface area contributed by atoms with Crippen molar-refractivity contribution in [2.45, 2.75) is 6.61 Å². The molecule has 0 radical (unpaired) electrons. The number of hydrogen-bond donors (Lipinski definition) is 1. The predicted molar refractivity (Wildman–Crippen MR) is 108 cm³/mol. The summed E-state index contributed by atoms with van der Waals surface area (Å²) < 4.78 is 7.24. The van der Waals surface area contributed by atoms with Gasteiger partial charge >= 0.3 is 0 Å². The van der Waals surface area contributed by atoms with Crippen LogP contribution in [0.2, 0.25) is 0 Å². The monoisotopic (exact) mass is 366 g/mol. The number of anilines is 1. The number of benzene rings is 2. The summed E-state index contributed by atoms with van der Waals surface area (Å²) in [5, 5.41) is 9.40. The third-order valence-corrected chi connectivity index (χ3v) is 5.27. The van der Waals surface area contributed by atoms with Crippen molar-refractivity contribution in [1.29, 1.82) is 0 Å². The summed E-state index contributed by atoms with van der Waals surface area (Å²) in [6, 6.07) is 14.5. The summed E-state index contributed by atoms with van der Waals surface area (Å²) in [6.45, 7) is 6.06. The van der Waals surface area contributed by atoms with E-state index in [0.717, 1.165) is 61.6 Å². The normalized spacial score (nSPS) is 15.6. The molecule has 1 N–H and O–H groups in total. The van der Waals surface area contributed by atoms with Gasteiger partial charge in [0.15, 0.2) is 0 Å². The van der Waals surface area contributed by atoms with Crippen LogP contribution in [0.3, 0.4) is 0 Å². The molecule has 6 nitrogen and oxygen atoms in total. The number of fused-ring (bicyclic) bond motifs is 1. The molecule has 0 aliphatic carbocycles. The van der Waals surface area contributed by atoms with Crippen molar-refractivity contribution in [1.82, 2.24) is 14.5 Å². The Morgan fingerprint density at radius 3 is 2.44 bits per heavy atom. The highest BCUT2D eigenvalue weighted by Crippen LogP contribution is 2.23. The third kappa shape index (κ3) is 3.83. The van der Waals surface area contributed by atoms with Gasteiger partial charge in [-0.2, -0.15) is 0 Å². The van der Waals surface area contributed by atoms with Gasteiger partial charge in [-0.05, 0) is 42.0 Å². The van der Waals surface area contributed by atoms with Crippen LogP contribution in [0.25, 0.3) is 16.7 Å². The zero-order valence-corrected chi connectivity index (χ0v) is 15.7. The smallest absolute Gasteiger partial charge is 0.100 e. The molecule has 4 rings (SSSR count). The first-order valence-electron chi connectivity index (χ1n) is 9.42. The molecule has 142 valence electrons. The molecule has 6 heteroatoms. The van der Waals surface area contributed by atoms with Crippen molar-refractivity contribution in [2.24, 2.45) is 0 Å². The van der Waals surface area contributed by atoms with Crippen molar-refractivity contribution < 1.29 is 9.84 Å². The van der Waals surface area contributed by atoms with Gasteiger partial charge in [0.2, 0.25) is 0 Å². The number of ether oxygens (including phenoxy) is 1. The highest BCUT2D eigenvalue weighted by atomic mass is 16.5. The average molecular weight is 366 g/mol. The molecule has 2 heterocycles. The molecule has 1 fully saturated rings. The fourth-order valence-corrected chi connectivity index (χ4v) is 3.63. The maximum atomic E-state index is 9.40. The second-order valence-corrected chi connectivity index (χ2v) is 6.93. The van der Waals surface area contributed by atoms with E-state index in [0.29, 0.717) is 0 Å². The number of aliphatic hydroxyl groups excluding tert-OH is 1.